The zero-order chi connectivity index (χ0) is 19.0. The van der Waals surface area contributed by atoms with E-state index in [1.807, 2.05) is 6.07 Å². The van der Waals surface area contributed by atoms with Crippen molar-refractivity contribution in [3.05, 3.63) is 23.9 Å². The Morgan fingerprint density at radius 2 is 2.37 bits per heavy atom. The third-order valence-electron chi connectivity index (χ3n) is 6.42. The summed E-state index contributed by atoms with van der Waals surface area (Å²) in [7, 11) is 1.67. The zero-order valence-corrected chi connectivity index (χ0v) is 16.6. The van der Waals surface area contributed by atoms with Crippen LogP contribution in [0.4, 0.5) is 0 Å². The largest absolute Gasteiger partial charge is 0.481 e. The molecule has 3 fully saturated rings. The predicted octanol–water partition coefficient (Wildman–Crippen LogP) is 2.23. The van der Waals surface area contributed by atoms with Gasteiger partial charge in [-0.3, -0.25) is 9.69 Å². The molecule has 148 valence electrons. The highest BCUT2D eigenvalue weighted by Gasteiger charge is 2.62. The van der Waals surface area contributed by atoms with E-state index in [9.17, 15) is 4.79 Å². The number of methoxy groups -OCH3 is 1. The van der Waals surface area contributed by atoms with Crippen molar-refractivity contribution in [3.63, 3.8) is 0 Å². The first-order chi connectivity index (χ1) is 13.0. The number of pyridine rings is 1. The van der Waals surface area contributed by atoms with E-state index in [0.29, 0.717) is 36.2 Å². The molecule has 0 aliphatic carbocycles. The number of carbonyl (C=O) groups is 1. The van der Waals surface area contributed by atoms with E-state index in [1.165, 1.54) is 0 Å². The number of amides is 1. The summed E-state index contributed by atoms with van der Waals surface area (Å²) in [6, 6.07) is 4.04. The molecule has 1 N–H and O–H groups in total. The standard InChI is InChI=1S/C21H31N3O3/c1-14(2)9-19(25)23-10-16-17-12-24(13-21(17)7-6-18(16)27-21)11-15-5-4-8-22-20(15)26-3/h4-5,8,14,16-18H,6-7,9-13H2,1-3H3,(H,23,25)/t16-,17+,18+,21+/m0/s1. The number of ether oxygens (including phenoxy) is 2. The number of nitrogens with zero attached hydrogens (tertiary/aromatic N) is 2. The third-order valence-corrected chi connectivity index (χ3v) is 6.42. The van der Waals surface area contributed by atoms with Gasteiger partial charge in [0.25, 0.3) is 0 Å². The average Bonchev–Trinajstić information content (AvgIpc) is 3.27. The molecule has 0 saturated carbocycles. The highest BCUT2D eigenvalue weighted by Crippen LogP contribution is 2.54. The smallest absolute Gasteiger partial charge is 0.220 e. The minimum atomic E-state index is -0.0203. The molecule has 27 heavy (non-hydrogen) atoms. The van der Waals surface area contributed by atoms with Gasteiger partial charge in [-0.05, 0) is 24.8 Å². The van der Waals surface area contributed by atoms with Gasteiger partial charge in [-0.15, -0.1) is 0 Å². The van der Waals surface area contributed by atoms with E-state index >= 15 is 0 Å². The number of carbonyl (C=O) groups excluding carboxylic acids is 1. The molecule has 1 aromatic rings. The molecule has 2 bridgehead atoms. The number of likely N-dealkylation sites (tertiary alicyclic amines) is 1. The summed E-state index contributed by atoms with van der Waals surface area (Å²) in [6.45, 7) is 7.71. The van der Waals surface area contributed by atoms with Crippen LogP contribution in [-0.2, 0) is 16.1 Å². The number of hydrogen-bond donors (Lipinski definition) is 1. The number of hydrogen-bond acceptors (Lipinski definition) is 5. The van der Waals surface area contributed by atoms with Crippen molar-refractivity contribution < 1.29 is 14.3 Å². The van der Waals surface area contributed by atoms with Gasteiger partial charge in [-0.1, -0.05) is 19.9 Å². The second kappa shape index (κ2) is 7.40. The topological polar surface area (TPSA) is 63.7 Å². The molecular formula is C21H31N3O3. The molecular weight excluding hydrogens is 342 g/mol. The van der Waals surface area contributed by atoms with Crippen molar-refractivity contribution >= 4 is 5.91 Å². The Morgan fingerprint density at radius 3 is 3.15 bits per heavy atom. The number of aromatic nitrogens is 1. The van der Waals surface area contributed by atoms with Crippen molar-refractivity contribution in [2.24, 2.45) is 17.8 Å². The first-order valence-electron chi connectivity index (χ1n) is 10.2. The molecule has 3 aliphatic rings. The summed E-state index contributed by atoms with van der Waals surface area (Å²) in [5.41, 5.74) is 1.10. The Hall–Kier alpha value is -1.66. The summed E-state index contributed by atoms with van der Waals surface area (Å²) >= 11 is 0. The van der Waals surface area contributed by atoms with Crippen molar-refractivity contribution in [1.29, 1.82) is 0 Å². The normalized spacial score (nSPS) is 32.1. The summed E-state index contributed by atoms with van der Waals surface area (Å²) in [6.07, 6.45) is 4.93. The number of nitrogens with one attached hydrogen (secondary N) is 1. The molecule has 1 spiro atoms. The second-order valence-corrected chi connectivity index (χ2v) is 8.77. The van der Waals surface area contributed by atoms with Crippen LogP contribution in [0.5, 0.6) is 5.88 Å². The van der Waals surface area contributed by atoms with Gasteiger partial charge < -0.3 is 14.8 Å². The van der Waals surface area contributed by atoms with E-state index in [2.05, 4.69) is 35.1 Å². The lowest BCUT2D eigenvalue weighted by Crippen LogP contribution is -2.42. The van der Waals surface area contributed by atoms with E-state index in [1.54, 1.807) is 13.3 Å². The Balaban J connectivity index is 1.40. The van der Waals surface area contributed by atoms with Gasteiger partial charge in [0.1, 0.15) is 0 Å². The lowest BCUT2D eigenvalue weighted by Gasteiger charge is -2.29. The van der Waals surface area contributed by atoms with E-state index in [4.69, 9.17) is 9.47 Å². The minimum Gasteiger partial charge on any atom is -0.481 e. The summed E-state index contributed by atoms with van der Waals surface area (Å²) in [5.74, 6) is 2.18. The fourth-order valence-corrected chi connectivity index (χ4v) is 5.32. The van der Waals surface area contributed by atoms with Gasteiger partial charge in [0.15, 0.2) is 0 Å². The summed E-state index contributed by atoms with van der Waals surface area (Å²) in [5, 5.41) is 3.17. The molecule has 0 radical (unpaired) electrons. The highest BCUT2D eigenvalue weighted by atomic mass is 16.5. The fourth-order valence-electron chi connectivity index (χ4n) is 5.32. The molecule has 3 saturated heterocycles. The van der Waals surface area contributed by atoms with Gasteiger partial charge in [0.2, 0.25) is 11.8 Å². The molecule has 0 aromatic carbocycles. The Morgan fingerprint density at radius 1 is 1.52 bits per heavy atom. The maximum absolute atomic E-state index is 12.1. The van der Waals surface area contributed by atoms with Gasteiger partial charge in [0.05, 0.1) is 18.8 Å². The molecule has 1 amide bonds. The van der Waals surface area contributed by atoms with Crippen molar-refractivity contribution in [3.8, 4) is 5.88 Å². The highest BCUT2D eigenvalue weighted by molar-refractivity contribution is 5.76. The molecule has 4 rings (SSSR count). The van der Waals surface area contributed by atoms with Crippen LogP contribution in [0.3, 0.4) is 0 Å². The van der Waals surface area contributed by atoms with Gasteiger partial charge in [0, 0.05) is 56.2 Å². The number of fused-ring (bicyclic) bond motifs is 1. The Kier molecular flexibility index (Phi) is 5.12. The number of rotatable bonds is 7. The fraction of sp³-hybridized carbons (Fsp3) is 0.714. The van der Waals surface area contributed by atoms with Crippen LogP contribution in [0.1, 0.15) is 38.7 Å². The van der Waals surface area contributed by atoms with E-state index in [0.717, 1.165) is 44.6 Å². The van der Waals surface area contributed by atoms with Crippen LogP contribution in [0, 0.1) is 17.8 Å². The molecule has 3 aliphatic heterocycles. The van der Waals surface area contributed by atoms with Gasteiger partial charge >= 0.3 is 0 Å². The second-order valence-electron chi connectivity index (χ2n) is 8.77. The zero-order valence-electron chi connectivity index (χ0n) is 16.6. The van der Waals surface area contributed by atoms with Crippen LogP contribution in [0.2, 0.25) is 0 Å². The van der Waals surface area contributed by atoms with Crippen molar-refractivity contribution in [2.45, 2.75) is 51.4 Å². The van der Waals surface area contributed by atoms with Crippen molar-refractivity contribution in [1.82, 2.24) is 15.2 Å². The van der Waals surface area contributed by atoms with Crippen LogP contribution in [-0.4, -0.2) is 54.2 Å². The molecule has 0 unspecified atom stereocenters. The maximum atomic E-state index is 12.1. The molecule has 4 atom stereocenters. The summed E-state index contributed by atoms with van der Waals surface area (Å²) in [4.78, 5) is 18.9. The maximum Gasteiger partial charge on any atom is 0.220 e. The van der Waals surface area contributed by atoms with E-state index in [-0.39, 0.29) is 11.5 Å². The monoisotopic (exact) mass is 373 g/mol. The first kappa shape index (κ1) is 18.7. The molecule has 4 heterocycles. The first-order valence-corrected chi connectivity index (χ1v) is 10.2. The Bertz CT molecular complexity index is 695. The van der Waals surface area contributed by atoms with E-state index < -0.39 is 0 Å². The summed E-state index contributed by atoms with van der Waals surface area (Å²) < 4.78 is 11.9. The van der Waals surface area contributed by atoms with Crippen LogP contribution in [0.25, 0.3) is 0 Å². The molecule has 6 nitrogen and oxygen atoms in total. The Labute approximate surface area is 161 Å². The van der Waals surface area contributed by atoms with Gasteiger partial charge in [-0.2, -0.15) is 0 Å². The quantitative estimate of drug-likeness (QED) is 0.794. The van der Waals surface area contributed by atoms with Crippen LogP contribution < -0.4 is 10.1 Å². The minimum absolute atomic E-state index is 0.0203. The third kappa shape index (κ3) is 3.57. The lowest BCUT2D eigenvalue weighted by atomic mass is 9.73. The van der Waals surface area contributed by atoms with Crippen molar-refractivity contribution in [2.75, 3.05) is 26.7 Å². The lowest BCUT2D eigenvalue weighted by molar-refractivity contribution is -0.122. The molecule has 6 heteroatoms. The predicted molar refractivity (Wildman–Crippen MR) is 102 cm³/mol. The van der Waals surface area contributed by atoms with Crippen LogP contribution >= 0.6 is 0 Å². The molecule has 1 aromatic heterocycles. The average molecular weight is 373 g/mol. The van der Waals surface area contributed by atoms with Gasteiger partial charge in [-0.25, -0.2) is 4.98 Å². The van der Waals surface area contributed by atoms with Crippen LogP contribution in [0.15, 0.2) is 18.3 Å². The SMILES string of the molecule is COc1ncccc1CN1C[C@@H]2[C@H](CNC(=O)CC(C)C)[C@H]3CC[C@]2(C1)O3.